The van der Waals surface area contributed by atoms with Crippen molar-refractivity contribution in [3.05, 3.63) is 70.8 Å². The Labute approximate surface area is 159 Å². The van der Waals surface area contributed by atoms with Gasteiger partial charge in [0.15, 0.2) is 5.78 Å². The number of hydrogen-bond acceptors (Lipinski definition) is 3. The lowest BCUT2D eigenvalue weighted by Crippen LogP contribution is -2.08. The third-order valence-electron chi connectivity index (χ3n) is 3.91. The van der Waals surface area contributed by atoms with Crippen molar-refractivity contribution in [2.75, 3.05) is 0 Å². The second kappa shape index (κ2) is 10.6. The summed E-state index contributed by atoms with van der Waals surface area (Å²) < 4.78 is 5.32. The van der Waals surface area contributed by atoms with Crippen molar-refractivity contribution in [2.24, 2.45) is 0 Å². The number of allylic oxidation sites excluding steroid dienone is 1. The fraction of sp³-hybridized carbons (Fsp3) is 0.273. The fourth-order valence-corrected chi connectivity index (χ4v) is 2.52. The smallest absolute Gasteiger partial charge is 0.343 e. The Hall–Kier alpha value is -2.39. The summed E-state index contributed by atoms with van der Waals surface area (Å²) in [7, 11) is 0. The van der Waals surface area contributed by atoms with Gasteiger partial charge in [0.2, 0.25) is 0 Å². The van der Waals surface area contributed by atoms with Gasteiger partial charge in [-0.15, -0.1) is 0 Å². The van der Waals surface area contributed by atoms with E-state index < -0.39 is 5.97 Å². The fourth-order valence-electron chi connectivity index (χ4n) is 2.40. The molecule has 0 bridgehead atoms. The van der Waals surface area contributed by atoms with Gasteiger partial charge in [0.1, 0.15) is 5.75 Å². The summed E-state index contributed by atoms with van der Waals surface area (Å²) in [5.41, 5.74) is 1.32. The van der Waals surface area contributed by atoms with E-state index in [2.05, 4.69) is 6.92 Å². The molecule has 2 rings (SSSR count). The Kier molecular flexibility index (Phi) is 8.10. The lowest BCUT2D eigenvalue weighted by atomic mass is 10.1. The summed E-state index contributed by atoms with van der Waals surface area (Å²) in [4.78, 5) is 23.9. The molecule has 3 nitrogen and oxygen atoms in total. The van der Waals surface area contributed by atoms with Crippen molar-refractivity contribution >= 4 is 29.4 Å². The van der Waals surface area contributed by atoms with Crippen molar-refractivity contribution in [1.29, 1.82) is 0 Å². The van der Waals surface area contributed by atoms with E-state index in [0.717, 1.165) is 18.4 Å². The predicted molar refractivity (Wildman–Crippen MR) is 106 cm³/mol. The minimum atomic E-state index is -0.438. The summed E-state index contributed by atoms with van der Waals surface area (Å²) in [5.74, 6) is 0.152. The molecular weight excluding hydrogens is 348 g/mol. The summed E-state index contributed by atoms with van der Waals surface area (Å²) in [6.45, 7) is 2.15. The van der Waals surface area contributed by atoms with E-state index in [1.807, 2.05) is 12.1 Å². The number of rotatable bonds is 9. The first kappa shape index (κ1) is 19.9. The first-order valence-electron chi connectivity index (χ1n) is 8.87. The average Bonchev–Trinajstić information content (AvgIpc) is 2.65. The molecule has 0 spiro atoms. The average molecular weight is 371 g/mol. The van der Waals surface area contributed by atoms with Crippen LogP contribution >= 0.6 is 11.6 Å². The molecule has 0 radical (unpaired) electrons. The maximum absolute atomic E-state index is 12.0. The molecule has 0 fully saturated rings. The largest absolute Gasteiger partial charge is 0.423 e. The number of unbranched alkanes of at least 4 members (excludes halogenated alkanes) is 3. The number of benzene rings is 2. The van der Waals surface area contributed by atoms with Crippen LogP contribution in [0.1, 0.15) is 54.9 Å². The van der Waals surface area contributed by atoms with Gasteiger partial charge in [-0.25, -0.2) is 4.79 Å². The highest BCUT2D eigenvalue weighted by atomic mass is 35.5. The number of esters is 1. The molecule has 4 heteroatoms. The van der Waals surface area contributed by atoms with E-state index in [4.69, 9.17) is 16.3 Å². The van der Waals surface area contributed by atoms with Crippen LogP contribution in [0.3, 0.4) is 0 Å². The Morgan fingerprint density at radius 1 is 0.962 bits per heavy atom. The molecule has 2 aromatic rings. The number of hydrogen-bond donors (Lipinski definition) is 0. The molecular formula is C22H23ClO3. The van der Waals surface area contributed by atoms with Gasteiger partial charge in [-0.3, -0.25) is 4.79 Å². The third-order valence-corrected chi connectivity index (χ3v) is 4.16. The molecule has 0 aromatic heterocycles. The molecule has 0 aliphatic carbocycles. The van der Waals surface area contributed by atoms with Crippen molar-refractivity contribution in [3.8, 4) is 5.75 Å². The van der Waals surface area contributed by atoms with Crippen molar-refractivity contribution in [2.45, 2.75) is 39.0 Å². The van der Waals surface area contributed by atoms with Crippen LogP contribution in [0.4, 0.5) is 0 Å². The van der Waals surface area contributed by atoms with Crippen molar-refractivity contribution in [3.63, 3.8) is 0 Å². The highest BCUT2D eigenvalue weighted by Crippen LogP contribution is 2.16. The van der Waals surface area contributed by atoms with E-state index >= 15 is 0 Å². The minimum absolute atomic E-state index is 0.138. The number of carbonyl (C=O) groups excluding carboxylic acids is 2. The lowest BCUT2D eigenvalue weighted by Gasteiger charge is -2.04. The summed E-state index contributed by atoms with van der Waals surface area (Å²) >= 11 is 5.81. The van der Waals surface area contributed by atoms with E-state index in [0.29, 0.717) is 22.8 Å². The Morgan fingerprint density at radius 3 is 2.31 bits per heavy atom. The maximum Gasteiger partial charge on any atom is 0.343 e. The summed E-state index contributed by atoms with van der Waals surface area (Å²) in [6.07, 6.45) is 8.37. The van der Waals surface area contributed by atoms with Gasteiger partial charge in [0.25, 0.3) is 0 Å². The van der Waals surface area contributed by atoms with Gasteiger partial charge >= 0.3 is 5.97 Å². The van der Waals surface area contributed by atoms with Crippen LogP contribution in [-0.2, 0) is 4.79 Å². The molecule has 0 saturated carbocycles. The predicted octanol–water partition coefficient (Wildman–Crippen LogP) is 6.11. The van der Waals surface area contributed by atoms with Crippen LogP contribution in [0.5, 0.6) is 5.75 Å². The third kappa shape index (κ3) is 6.85. The molecule has 0 atom stereocenters. The molecule has 0 heterocycles. The quantitative estimate of drug-likeness (QED) is 0.231. The first-order chi connectivity index (χ1) is 12.6. The SMILES string of the molecule is CCCCCCC(=O)/C=C/c1ccc(OC(=O)c2ccc(Cl)cc2)cc1. The monoisotopic (exact) mass is 370 g/mol. The van der Waals surface area contributed by atoms with Gasteiger partial charge in [0.05, 0.1) is 5.56 Å². The topological polar surface area (TPSA) is 43.4 Å². The molecule has 0 N–H and O–H groups in total. The standard InChI is InChI=1S/C22H23ClO3/c1-2-3-4-5-6-20(24)14-7-17-8-15-21(16-9-17)26-22(25)18-10-12-19(23)13-11-18/h7-16H,2-6H2,1H3/b14-7+. The second-order valence-electron chi connectivity index (χ2n) is 6.08. The van der Waals surface area contributed by atoms with Crippen LogP contribution in [0.2, 0.25) is 5.02 Å². The molecule has 0 aliphatic rings. The van der Waals surface area contributed by atoms with E-state index in [1.165, 1.54) is 12.8 Å². The zero-order valence-electron chi connectivity index (χ0n) is 14.9. The van der Waals surface area contributed by atoms with Gasteiger partial charge < -0.3 is 4.74 Å². The second-order valence-corrected chi connectivity index (χ2v) is 6.51. The van der Waals surface area contributed by atoms with Crippen LogP contribution < -0.4 is 4.74 Å². The zero-order chi connectivity index (χ0) is 18.8. The van der Waals surface area contributed by atoms with Gasteiger partial charge in [-0.1, -0.05) is 56.0 Å². The number of carbonyl (C=O) groups is 2. The van der Waals surface area contributed by atoms with Gasteiger partial charge in [0, 0.05) is 11.4 Å². The minimum Gasteiger partial charge on any atom is -0.423 e. The van der Waals surface area contributed by atoms with Crippen molar-refractivity contribution < 1.29 is 14.3 Å². The van der Waals surface area contributed by atoms with Crippen LogP contribution in [0.25, 0.3) is 6.08 Å². The summed E-state index contributed by atoms with van der Waals surface area (Å²) in [5, 5.41) is 0.567. The highest BCUT2D eigenvalue weighted by molar-refractivity contribution is 6.30. The molecule has 136 valence electrons. The molecule has 26 heavy (non-hydrogen) atoms. The van der Waals surface area contributed by atoms with E-state index in [9.17, 15) is 9.59 Å². The normalized spacial score (nSPS) is 10.8. The van der Waals surface area contributed by atoms with Crippen molar-refractivity contribution in [1.82, 2.24) is 0 Å². The maximum atomic E-state index is 12.0. The van der Waals surface area contributed by atoms with Gasteiger partial charge in [-0.2, -0.15) is 0 Å². The molecule has 0 unspecified atom stereocenters. The van der Waals surface area contributed by atoms with E-state index in [-0.39, 0.29) is 5.78 Å². The molecule has 0 saturated heterocycles. The van der Waals surface area contributed by atoms with Crippen LogP contribution in [0.15, 0.2) is 54.6 Å². The molecule has 2 aromatic carbocycles. The highest BCUT2D eigenvalue weighted by Gasteiger charge is 2.08. The zero-order valence-corrected chi connectivity index (χ0v) is 15.7. The lowest BCUT2D eigenvalue weighted by molar-refractivity contribution is -0.114. The molecule has 0 amide bonds. The number of ether oxygens (including phenoxy) is 1. The Balaban J connectivity index is 1.85. The number of halogens is 1. The van der Waals surface area contributed by atoms with E-state index in [1.54, 1.807) is 48.6 Å². The molecule has 0 aliphatic heterocycles. The first-order valence-corrected chi connectivity index (χ1v) is 9.25. The number of ketones is 1. The van der Waals surface area contributed by atoms with Crippen LogP contribution in [-0.4, -0.2) is 11.8 Å². The van der Waals surface area contributed by atoms with Gasteiger partial charge in [-0.05, 0) is 54.5 Å². The Morgan fingerprint density at radius 2 is 1.65 bits per heavy atom. The van der Waals surface area contributed by atoms with Crippen LogP contribution in [0, 0.1) is 0 Å². The summed E-state index contributed by atoms with van der Waals surface area (Å²) in [6, 6.07) is 13.6. The Bertz CT molecular complexity index is 746.